The van der Waals surface area contributed by atoms with Crippen LogP contribution in [0.5, 0.6) is 0 Å². The average Bonchev–Trinajstić information content (AvgIpc) is 2.67. The standard InChI is InChI=1S/C24H39FN2O3/c1-18(27(23(29)30)24(2,3)4)22(28)17-26(21-10-6-5-7-11-21)16-8-9-19-12-14-20(25)15-13-19/h12-15,18,21-22,28H,5-11,16-17H2,1-4H3,(H,29,30)/t18-,22-/m1/s1. The molecule has 1 aromatic rings. The first-order valence-electron chi connectivity index (χ1n) is 11.3. The molecule has 1 aliphatic carbocycles. The largest absolute Gasteiger partial charge is 0.465 e. The van der Waals surface area contributed by atoms with Gasteiger partial charge in [0.15, 0.2) is 0 Å². The second-order valence-corrected chi connectivity index (χ2v) is 9.65. The van der Waals surface area contributed by atoms with Gasteiger partial charge < -0.3 is 10.2 Å². The molecule has 5 nitrogen and oxygen atoms in total. The maximum atomic E-state index is 13.1. The number of aliphatic hydroxyl groups excluding tert-OH is 1. The molecule has 1 aliphatic rings. The van der Waals surface area contributed by atoms with E-state index in [0.29, 0.717) is 12.6 Å². The number of hydrogen-bond donors (Lipinski definition) is 2. The zero-order valence-electron chi connectivity index (χ0n) is 19.0. The van der Waals surface area contributed by atoms with Crippen molar-refractivity contribution < 1.29 is 19.4 Å². The molecule has 0 bridgehead atoms. The van der Waals surface area contributed by atoms with Crippen LogP contribution in [0.1, 0.15) is 71.8 Å². The highest BCUT2D eigenvalue weighted by atomic mass is 19.1. The van der Waals surface area contributed by atoms with E-state index >= 15 is 0 Å². The van der Waals surface area contributed by atoms with Gasteiger partial charge in [-0.1, -0.05) is 31.4 Å². The third kappa shape index (κ3) is 7.24. The molecule has 2 rings (SSSR count). The van der Waals surface area contributed by atoms with Gasteiger partial charge >= 0.3 is 6.09 Å². The fourth-order valence-electron chi connectivity index (χ4n) is 4.64. The van der Waals surface area contributed by atoms with Gasteiger partial charge in [-0.25, -0.2) is 9.18 Å². The van der Waals surface area contributed by atoms with Gasteiger partial charge in [0, 0.05) is 18.1 Å². The van der Waals surface area contributed by atoms with Crippen LogP contribution in [0, 0.1) is 5.82 Å². The Morgan fingerprint density at radius 2 is 1.77 bits per heavy atom. The first-order valence-corrected chi connectivity index (χ1v) is 11.3. The van der Waals surface area contributed by atoms with E-state index in [0.717, 1.165) is 37.8 Å². The summed E-state index contributed by atoms with van der Waals surface area (Å²) in [5.74, 6) is -0.221. The third-order valence-electron chi connectivity index (χ3n) is 6.23. The fourth-order valence-corrected chi connectivity index (χ4v) is 4.64. The van der Waals surface area contributed by atoms with E-state index in [-0.39, 0.29) is 5.82 Å². The first-order chi connectivity index (χ1) is 14.1. The summed E-state index contributed by atoms with van der Waals surface area (Å²) in [6, 6.07) is 6.57. The number of halogens is 1. The highest BCUT2D eigenvalue weighted by molar-refractivity contribution is 5.66. The van der Waals surface area contributed by atoms with Gasteiger partial charge in [0.2, 0.25) is 0 Å². The van der Waals surface area contributed by atoms with Gasteiger partial charge in [0.1, 0.15) is 5.82 Å². The molecule has 1 amide bonds. The average molecular weight is 423 g/mol. The number of hydrogen-bond acceptors (Lipinski definition) is 3. The van der Waals surface area contributed by atoms with Crippen LogP contribution in [0.15, 0.2) is 24.3 Å². The second-order valence-electron chi connectivity index (χ2n) is 9.65. The quantitative estimate of drug-likeness (QED) is 0.593. The SMILES string of the molecule is C[C@H]([C@H](O)CN(CCCc1ccc(F)cc1)C1CCCCC1)N(C(=O)O)C(C)(C)C. The number of rotatable bonds is 9. The summed E-state index contributed by atoms with van der Waals surface area (Å²) >= 11 is 0. The molecular weight excluding hydrogens is 383 g/mol. The molecule has 30 heavy (non-hydrogen) atoms. The molecule has 170 valence electrons. The Labute approximate surface area is 180 Å². The van der Waals surface area contributed by atoms with Crippen molar-refractivity contribution in [2.75, 3.05) is 13.1 Å². The van der Waals surface area contributed by atoms with E-state index in [4.69, 9.17) is 0 Å². The van der Waals surface area contributed by atoms with Crippen molar-refractivity contribution in [3.8, 4) is 0 Å². The first kappa shape index (κ1) is 24.6. The van der Waals surface area contributed by atoms with E-state index in [1.54, 1.807) is 6.92 Å². The van der Waals surface area contributed by atoms with Crippen molar-refractivity contribution in [2.45, 2.75) is 96.4 Å². The Morgan fingerprint density at radius 3 is 2.30 bits per heavy atom. The molecule has 0 unspecified atom stereocenters. The number of amides is 1. The zero-order valence-corrected chi connectivity index (χ0v) is 19.0. The smallest absolute Gasteiger partial charge is 0.408 e. The molecule has 2 atom stereocenters. The summed E-state index contributed by atoms with van der Waals surface area (Å²) in [7, 11) is 0. The minimum absolute atomic E-state index is 0.221. The van der Waals surface area contributed by atoms with Crippen LogP contribution in [0.2, 0.25) is 0 Å². The molecule has 0 spiro atoms. The lowest BCUT2D eigenvalue weighted by Crippen LogP contribution is -2.57. The lowest BCUT2D eigenvalue weighted by molar-refractivity contribution is -0.00921. The summed E-state index contributed by atoms with van der Waals surface area (Å²) < 4.78 is 13.1. The molecule has 6 heteroatoms. The Kier molecular flexibility index (Phi) is 9.10. The number of nitrogens with zero attached hydrogens (tertiary/aromatic N) is 2. The highest BCUT2D eigenvalue weighted by Crippen LogP contribution is 2.25. The third-order valence-corrected chi connectivity index (χ3v) is 6.23. The number of aliphatic hydroxyl groups is 1. The normalized spacial score (nSPS) is 17.7. The topological polar surface area (TPSA) is 64.0 Å². The minimum atomic E-state index is -1.01. The molecule has 0 aromatic heterocycles. The lowest BCUT2D eigenvalue weighted by Gasteiger charge is -2.42. The number of carbonyl (C=O) groups is 1. The van der Waals surface area contributed by atoms with E-state index in [1.165, 1.54) is 36.3 Å². The van der Waals surface area contributed by atoms with Crippen molar-refractivity contribution in [2.24, 2.45) is 0 Å². The van der Waals surface area contributed by atoms with Crippen LogP contribution >= 0.6 is 0 Å². The molecule has 0 heterocycles. The van der Waals surface area contributed by atoms with E-state index < -0.39 is 23.8 Å². The Hall–Kier alpha value is -1.66. The van der Waals surface area contributed by atoms with Crippen molar-refractivity contribution in [1.29, 1.82) is 0 Å². The molecule has 0 saturated heterocycles. The summed E-state index contributed by atoms with van der Waals surface area (Å²) in [4.78, 5) is 15.5. The van der Waals surface area contributed by atoms with Gasteiger partial charge in [0.05, 0.1) is 12.1 Å². The summed E-state index contributed by atoms with van der Waals surface area (Å²) in [5, 5.41) is 20.6. The van der Waals surface area contributed by atoms with Gasteiger partial charge in [0.25, 0.3) is 0 Å². The van der Waals surface area contributed by atoms with Crippen LogP contribution in [0.3, 0.4) is 0 Å². The van der Waals surface area contributed by atoms with Crippen LogP contribution in [-0.4, -0.2) is 62.9 Å². The number of aryl methyl sites for hydroxylation is 1. The second kappa shape index (κ2) is 11.1. The molecule has 1 aromatic carbocycles. The van der Waals surface area contributed by atoms with Crippen molar-refractivity contribution in [3.63, 3.8) is 0 Å². The van der Waals surface area contributed by atoms with Gasteiger partial charge in [-0.05, 0) is 77.6 Å². The zero-order chi connectivity index (χ0) is 22.3. The van der Waals surface area contributed by atoms with E-state index in [9.17, 15) is 19.4 Å². The lowest BCUT2D eigenvalue weighted by atomic mass is 9.93. The predicted octanol–water partition coefficient (Wildman–Crippen LogP) is 4.92. The summed E-state index contributed by atoms with van der Waals surface area (Å²) in [6.07, 6.45) is 5.93. The number of carboxylic acid groups (broad SMARTS) is 1. The minimum Gasteiger partial charge on any atom is -0.465 e. The van der Waals surface area contributed by atoms with Crippen LogP contribution < -0.4 is 0 Å². The maximum Gasteiger partial charge on any atom is 0.408 e. The molecule has 1 saturated carbocycles. The van der Waals surface area contributed by atoms with Crippen LogP contribution in [0.25, 0.3) is 0 Å². The maximum absolute atomic E-state index is 13.1. The summed E-state index contributed by atoms with van der Waals surface area (Å²) in [5.41, 5.74) is 0.531. The van der Waals surface area contributed by atoms with Gasteiger partial charge in [-0.15, -0.1) is 0 Å². The molecule has 2 N–H and O–H groups in total. The van der Waals surface area contributed by atoms with Crippen LogP contribution in [-0.2, 0) is 6.42 Å². The predicted molar refractivity (Wildman–Crippen MR) is 118 cm³/mol. The van der Waals surface area contributed by atoms with Crippen molar-refractivity contribution in [1.82, 2.24) is 9.80 Å². The van der Waals surface area contributed by atoms with Crippen molar-refractivity contribution >= 4 is 6.09 Å². The Bertz CT molecular complexity index is 653. The Morgan fingerprint density at radius 1 is 1.17 bits per heavy atom. The van der Waals surface area contributed by atoms with Gasteiger partial charge in [-0.2, -0.15) is 0 Å². The summed E-state index contributed by atoms with van der Waals surface area (Å²) in [6.45, 7) is 8.66. The van der Waals surface area contributed by atoms with E-state index in [1.807, 2.05) is 32.9 Å². The van der Waals surface area contributed by atoms with Crippen LogP contribution in [0.4, 0.5) is 9.18 Å². The number of benzene rings is 1. The molecule has 0 radical (unpaired) electrons. The van der Waals surface area contributed by atoms with E-state index in [2.05, 4.69) is 4.90 Å². The van der Waals surface area contributed by atoms with Crippen molar-refractivity contribution in [3.05, 3.63) is 35.6 Å². The molecule has 0 aliphatic heterocycles. The van der Waals surface area contributed by atoms with Gasteiger partial charge in [-0.3, -0.25) is 9.80 Å². The Balaban J connectivity index is 2.02. The monoisotopic (exact) mass is 422 g/mol. The highest BCUT2D eigenvalue weighted by Gasteiger charge is 2.35. The molecule has 1 fully saturated rings. The fraction of sp³-hybridized carbons (Fsp3) is 0.708. The molecular formula is C24H39FN2O3.